The van der Waals surface area contributed by atoms with Crippen LogP contribution in [-0.2, 0) is 10.0 Å². The van der Waals surface area contributed by atoms with Crippen molar-refractivity contribution in [3.63, 3.8) is 0 Å². The molecule has 0 saturated carbocycles. The van der Waals surface area contributed by atoms with Crippen LogP contribution < -0.4 is 14.2 Å². The van der Waals surface area contributed by atoms with Crippen LogP contribution in [-0.4, -0.2) is 52.8 Å². The monoisotopic (exact) mass is 436 g/mol. The Labute approximate surface area is 175 Å². The summed E-state index contributed by atoms with van der Waals surface area (Å²) in [6, 6.07) is 9.46. The number of carbonyl (C=O) groups excluding carboxylic acids is 1. The number of nitrogens with one attached hydrogen (secondary N) is 1. The number of thioether (sulfide) groups is 1. The molecule has 1 saturated heterocycles. The lowest BCUT2D eigenvalue weighted by Gasteiger charge is -2.18. The van der Waals surface area contributed by atoms with Crippen molar-refractivity contribution < 1.29 is 22.7 Å². The van der Waals surface area contributed by atoms with E-state index >= 15 is 0 Å². The van der Waals surface area contributed by atoms with Crippen LogP contribution in [0.1, 0.15) is 23.2 Å². The van der Waals surface area contributed by atoms with Gasteiger partial charge in [-0.15, -0.1) is 11.8 Å². The molecular formula is C20H24N2O5S2. The second-order valence-electron chi connectivity index (χ2n) is 6.53. The third-order valence-corrected chi connectivity index (χ3v) is 6.91. The van der Waals surface area contributed by atoms with Gasteiger partial charge in [-0.25, -0.2) is 8.42 Å². The van der Waals surface area contributed by atoms with Crippen LogP contribution in [0.5, 0.6) is 11.5 Å². The van der Waals surface area contributed by atoms with E-state index in [1.54, 1.807) is 29.2 Å². The lowest BCUT2D eigenvalue weighted by Crippen LogP contribution is -2.28. The number of methoxy groups -OCH3 is 2. The van der Waals surface area contributed by atoms with Crippen LogP contribution in [0.4, 0.5) is 5.69 Å². The minimum Gasteiger partial charge on any atom is -0.497 e. The molecular weight excluding hydrogens is 412 g/mol. The van der Waals surface area contributed by atoms with Crippen LogP contribution in [0.2, 0.25) is 0 Å². The van der Waals surface area contributed by atoms with Gasteiger partial charge in [0.1, 0.15) is 11.5 Å². The number of ether oxygens (including phenoxy) is 2. The molecule has 1 aliphatic heterocycles. The molecule has 1 fully saturated rings. The summed E-state index contributed by atoms with van der Waals surface area (Å²) in [6.07, 6.45) is 3.80. The van der Waals surface area contributed by atoms with Crippen LogP contribution in [0, 0.1) is 0 Å². The van der Waals surface area contributed by atoms with Crippen molar-refractivity contribution in [2.75, 3.05) is 38.3 Å². The maximum atomic E-state index is 13.0. The predicted octanol–water partition coefficient (Wildman–Crippen LogP) is 3.46. The molecule has 0 radical (unpaired) electrons. The fraction of sp³-hybridized carbons (Fsp3) is 0.350. The average Bonchev–Trinajstić information content (AvgIpc) is 3.27. The molecule has 7 nitrogen and oxygen atoms in total. The number of carbonyl (C=O) groups is 1. The standard InChI is InChI=1S/C20H24N2O5S2/c1-26-14-6-8-18(27-2)17(12-14)21-29(24,25)15-7-9-19(28-3)16(13-15)20(23)22-10-4-5-11-22/h6-9,12-13,21H,4-5,10-11H2,1-3H3. The molecule has 29 heavy (non-hydrogen) atoms. The lowest BCUT2D eigenvalue weighted by molar-refractivity contribution is 0.0789. The molecule has 1 N–H and O–H groups in total. The Balaban J connectivity index is 1.97. The summed E-state index contributed by atoms with van der Waals surface area (Å²) in [7, 11) is -0.985. The Kier molecular flexibility index (Phi) is 6.59. The molecule has 0 bridgehead atoms. The second-order valence-corrected chi connectivity index (χ2v) is 9.06. The SMILES string of the molecule is COc1ccc(OC)c(NS(=O)(=O)c2ccc(SC)c(C(=O)N3CCCC3)c2)c1. The van der Waals surface area contributed by atoms with E-state index in [9.17, 15) is 13.2 Å². The highest BCUT2D eigenvalue weighted by Gasteiger charge is 2.25. The summed E-state index contributed by atoms with van der Waals surface area (Å²) in [6.45, 7) is 1.39. The Hall–Kier alpha value is -2.39. The number of hydrogen-bond acceptors (Lipinski definition) is 6. The minimum absolute atomic E-state index is 0.0164. The summed E-state index contributed by atoms with van der Waals surface area (Å²) in [5.41, 5.74) is 0.660. The van der Waals surface area contributed by atoms with Gasteiger partial charge in [-0.3, -0.25) is 9.52 Å². The molecule has 0 unspecified atom stereocenters. The van der Waals surface area contributed by atoms with Crippen LogP contribution in [0.25, 0.3) is 0 Å². The number of nitrogens with zero attached hydrogens (tertiary/aromatic N) is 1. The Morgan fingerprint density at radius 1 is 1.07 bits per heavy atom. The smallest absolute Gasteiger partial charge is 0.262 e. The maximum Gasteiger partial charge on any atom is 0.262 e. The molecule has 0 spiro atoms. The van der Waals surface area contributed by atoms with Crippen molar-refractivity contribution in [3.05, 3.63) is 42.0 Å². The van der Waals surface area contributed by atoms with Crippen LogP contribution in [0.15, 0.2) is 46.2 Å². The van der Waals surface area contributed by atoms with E-state index in [0.717, 1.165) is 17.7 Å². The van der Waals surface area contributed by atoms with Crippen LogP contribution >= 0.6 is 11.8 Å². The highest BCUT2D eigenvalue weighted by Crippen LogP contribution is 2.32. The fourth-order valence-electron chi connectivity index (χ4n) is 3.21. The third-order valence-electron chi connectivity index (χ3n) is 4.76. The van der Waals surface area contributed by atoms with E-state index in [2.05, 4.69) is 4.72 Å². The lowest BCUT2D eigenvalue weighted by atomic mass is 10.2. The number of sulfonamides is 1. The number of anilines is 1. The first kappa shape index (κ1) is 21.3. The second kappa shape index (κ2) is 8.96. The normalized spacial score (nSPS) is 14.0. The number of likely N-dealkylation sites (tertiary alicyclic amines) is 1. The molecule has 9 heteroatoms. The molecule has 1 aliphatic rings. The highest BCUT2D eigenvalue weighted by molar-refractivity contribution is 7.98. The van der Waals surface area contributed by atoms with E-state index in [0.29, 0.717) is 30.2 Å². The first-order valence-electron chi connectivity index (χ1n) is 9.11. The first-order valence-corrected chi connectivity index (χ1v) is 11.8. The van der Waals surface area contributed by atoms with Gasteiger partial charge in [0, 0.05) is 24.1 Å². The van der Waals surface area contributed by atoms with Gasteiger partial charge in [-0.05, 0) is 49.4 Å². The first-order chi connectivity index (χ1) is 13.9. The summed E-state index contributed by atoms with van der Waals surface area (Å²) < 4.78 is 39.0. The Morgan fingerprint density at radius 3 is 2.41 bits per heavy atom. The highest BCUT2D eigenvalue weighted by atomic mass is 32.2. The van der Waals surface area contributed by atoms with E-state index in [1.165, 1.54) is 38.1 Å². The van der Waals surface area contributed by atoms with Gasteiger partial charge >= 0.3 is 0 Å². The van der Waals surface area contributed by atoms with E-state index < -0.39 is 10.0 Å². The van der Waals surface area contributed by atoms with Gasteiger partial charge in [0.15, 0.2) is 0 Å². The van der Waals surface area contributed by atoms with Crippen molar-refractivity contribution in [2.24, 2.45) is 0 Å². The molecule has 156 valence electrons. The van der Waals surface area contributed by atoms with Crippen molar-refractivity contribution >= 4 is 33.4 Å². The largest absolute Gasteiger partial charge is 0.497 e. The van der Waals surface area contributed by atoms with Gasteiger partial charge in [-0.2, -0.15) is 0 Å². The zero-order chi connectivity index (χ0) is 21.0. The van der Waals surface area contributed by atoms with Gasteiger partial charge in [0.05, 0.1) is 30.4 Å². The number of benzene rings is 2. The summed E-state index contributed by atoms with van der Waals surface area (Å²) in [5, 5.41) is 0. The average molecular weight is 437 g/mol. The topological polar surface area (TPSA) is 84.9 Å². The van der Waals surface area contributed by atoms with E-state index in [4.69, 9.17) is 9.47 Å². The molecule has 0 aliphatic carbocycles. The van der Waals surface area contributed by atoms with Gasteiger partial charge in [0.25, 0.3) is 15.9 Å². The fourth-order valence-corrected chi connectivity index (χ4v) is 4.87. The number of rotatable bonds is 7. The molecule has 1 amide bonds. The quantitative estimate of drug-likeness (QED) is 0.669. The van der Waals surface area contributed by atoms with Crippen molar-refractivity contribution in [1.29, 1.82) is 0 Å². The molecule has 3 rings (SSSR count). The Bertz CT molecular complexity index is 1000. The van der Waals surface area contributed by atoms with E-state index in [-0.39, 0.29) is 16.5 Å². The molecule has 1 heterocycles. The molecule has 0 aromatic heterocycles. The van der Waals surface area contributed by atoms with Crippen LogP contribution in [0.3, 0.4) is 0 Å². The summed E-state index contributed by atoms with van der Waals surface area (Å²) in [4.78, 5) is 15.4. The summed E-state index contributed by atoms with van der Waals surface area (Å²) >= 11 is 1.42. The summed E-state index contributed by atoms with van der Waals surface area (Å²) in [5.74, 6) is 0.720. The number of hydrogen-bond donors (Lipinski definition) is 1. The zero-order valence-electron chi connectivity index (χ0n) is 16.6. The van der Waals surface area contributed by atoms with Gasteiger partial charge < -0.3 is 14.4 Å². The molecule has 0 atom stereocenters. The van der Waals surface area contributed by atoms with E-state index in [1.807, 2.05) is 6.26 Å². The maximum absolute atomic E-state index is 13.0. The minimum atomic E-state index is -3.94. The Morgan fingerprint density at radius 2 is 1.79 bits per heavy atom. The third kappa shape index (κ3) is 4.62. The van der Waals surface area contributed by atoms with Gasteiger partial charge in [0.2, 0.25) is 0 Å². The number of amides is 1. The van der Waals surface area contributed by atoms with Crippen molar-refractivity contribution in [3.8, 4) is 11.5 Å². The predicted molar refractivity (Wildman–Crippen MR) is 114 cm³/mol. The van der Waals surface area contributed by atoms with Crippen molar-refractivity contribution in [2.45, 2.75) is 22.6 Å². The molecule has 2 aromatic carbocycles. The van der Waals surface area contributed by atoms with Crippen molar-refractivity contribution in [1.82, 2.24) is 4.90 Å². The zero-order valence-corrected chi connectivity index (χ0v) is 18.2. The van der Waals surface area contributed by atoms with Gasteiger partial charge in [-0.1, -0.05) is 0 Å². The molecule has 2 aromatic rings.